The normalized spacial score (nSPS) is 14.8. The molecule has 0 bridgehead atoms. The second kappa shape index (κ2) is 5.00. The minimum Gasteiger partial charge on any atom is -0.362 e. The summed E-state index contributed by atoms with van der Waals surface area (Å²) in [7, 11) is -13.4. The summed E-state index contributed by atoms with van der Waals surface area (Å²) in [6.45, 7) is -1.06. The van der Waals surface area contributed by atoms with Crippen LogP contribution in [0.15, 0.2) is 0 Å². The zero-order valence-corrected chi connectivity index (χ0v) is 12.6. The van der Waals surface area contributed by atoms with Crippen molar-refractivity contribution in [1.29, 1.82) is 0 Å². The van der Waals surface area contributed by atoms with Gasteiger partial charge >= 0.3 is 0 Å². The molecule has 0 aliphatic rings. The van der Waals surface area contributed by atoms with Crippen LogP contribution in [0.3, 0.4) is 0 Å². The molecule has 0 aromatic carbocycles. The summed E-state index contributed by atoms with van der Waals surface area (Å²) in [6.07, 6.45) is 1.56. The predicted octanol–water partition coefficient (Wildman–Crippen LogP) is -1.01. The molecule has 104 valence electrons. The van der Waals surface area contributed by atoms with Gasteiger partial charge in [0.1, 0.15) is 6.07 Å². The number of hydrogen-bond acceptors (Lipinski definition) is 7. The van der Waals surface area contributed by atoms with E-state index in [1.54, 1.807) is 0 Å². The van der Waals surface area contributed by atoms with E-state index in [-0.39, 0.29) is 0 Å². The van der Waals surface area contributed by atoms with Gasteiger partial charge in [-0.15, -0.1) is 0 Å². The third-order valence-corrected chi connectivity index (χ3v) is 11.4. The van der Waals surface area contributed by atoms with Crippen molar-refractivity contribution in [1.82, 2.24) is 0 Å². The van der Waals surface area contributed by atoms with Gasteiger partial charge in [-0.1, -0.05) is 11.6 Å². The summed E-state index contributed by atoms with van der Waals surface area (Å²) in [5, 5.41) is 0. The Hall–Kier alpha value is 0.1000. The van der Waals surface area contributed by atoms with Crippen LogP contribution in [0.5, 0.6) is 0 Å². The van der Waals surface area contributed by atoms with E-state index in [0.717, 1.165) is 0 Å². The maximum atomic E-state index is 11.6. The molecule has 0 heterocycles. The molecule has 7 nitrogen and oxygen atoms in total. The molecule has 0 aromatic rings. The molecule has 0 saturated carbocycles. The summed E-state index contributed by atoms with van der Waals surface area (Å²) in [6, 6.07) is -0.525. The Morgan fingerprint density at radius 1 is 0.882 bits per heavy atom. The molecule has 0 radical (unpaired) electrons. The lowest BCUT2D eigenvalue weighted by Crippen LogP contribution is -2.55. The fraction of sp³-hybridized carbons (Fsp3) is 1.00. The summed E-state index contributed by atoms with van der Waals surface area (Å²) < 4.78 is 70.9. The van der Waals surface area contributed by atoms with Crippen molar-refractivity contribution in [3.63, 3.8) is 0 Å². The van der Waals surface area contributed by atoms with Crippen molar-refractivity contribution in [3.05, 3.63) is 0 Å². The molecular formula is C6H13ClO7S3. The molecule has 0 atom stereocenters. The maximum absolute atomic E-state index is 11.6. The number of rotatable bonds is 6. The highest BCUT2D eigenvalue weighted by atomic mass is 35.5. The fourth-order valence-corrected chi connectivity index (χ4v) is 8.88. The Bertz CT molecular complexity index is 492. The van der Waals surface area contributed by atoms with E-state index in [0.29, 0.717) is 18.8 Å². The first-order chi connectivity index (χ1) is 7.31. The van der Waals surface area contributed by atoms with Crippen molar-refractivity contribution in [2.24, 2.45) is 0 Å². The van der Waals surface area contributed by atoms with Crippen LogP contribution >= 0.6 is 11.6 Å². The molecule has 0 amide bonds. The van der Waals surface area contributed by atoms with Crippen LogP contribution in [0.4, 0.5) is 0 Å². The Labute approximate surface area is 106 Å². The highest BCUT2D eigenvalue weighted by Gasteiger charge is 2.59. The molecule has 0 fully saturated rings. The molecule has 0 aliphatic heterocycles. The molecule has 0 saturated heterocycles. The van der Waals surface area contributed by atoms with E-state index in [4.69, 9.17) is 11.6 Å². The van der Waals surface area contributed by atoms with Gasteiger partial charge in [-0.05, 0) is 0 Å². The molecule has 17 heavy (non-hydrogen) atoms. The monoisotopic (exact) mass is 328 g/mol. The van der Waals surface area contributed by atoms with Gasteiger partial charge in [0.25, 0.3) is 3.41 Å². The van der Waals surface area contributed by atoms with Crippen LogP contribution in [-0.4, -0.2) is 60.1 Å². The van der Waals surface area contributed by atoms with Crippen LogP contribution in [0.1, 0.15) is 0 Å². The third kappa shape index (κ3) is 3.11. The van der Waals surface area contributed by atoms with E-state index >= 15 is 0 Å². The van der Waals surface area contributed by atoms with E-state index in [9.17, 15) is 25.3 Å². The number of ether oxygens (including phenoxy) is 1. The Morgan fingerprint density at radius 2 is 1.18 bits per heavy atom. The van der Waals surface area contributed by atoms with Crippen molar-refractivity contribution in [2.75, 3.05) is 31.4 Å². The first-order valence-corrected chi connectivity index (χ1v) is 10.2. The fourth-order valence-electron chi connectivity index (χ4n) is 1.31. The molecular weight excluding hydrogens is 316 g/mol. The van der Waals surface area contributed by atoms with E-state index in [1.165, 1.54) is 0 Å². The Kier molecular flexibility index (Phi) is 5.03. The standard InChI is InChI=1S/C6H13ClO7S3/c1-15(8,9)6(4-14-5-7,16(2,10)11)17(3,12)13/h4-5H2,1-3H3. The zero-order valence-electron chi connectivity index (χ0n) is 9.37. The largest absolute Gasteiger partial charge is 0.362 e. The first kappa shape index (κ1) is 17.1. The topological polar surface area (TPSA) is 112 Å². The first-order valence-electron chi connectivity index (χ1n) is 4.04. The average molecular weight is 329 g/mol. The van der Waals surface area contributed by atoms with E-state index in [1.807, 2.05) is 0 Å². The van der Waals surface area contributed by atoms with E-state index in [2.05, 4.69) is 4.74 Å². The van der Waals surface area contributed by atoms with Crippen molar-refractivity contribution in [3.8, 4) is 0 Å². The molecule has 0 aromatic heterocycles. The smallest absolute Gasteiger partial charge is 0.294 e. The second-order valence-electron chi connectivity index (χ2n) is 3.46. The Balaban J connectivity index is 6.36. The lowest BCUT2D eigenvalue weighted by Gasteiger charge is -2.27. The molecule has 0 unspecified atom stereocenters. The number of alkyl halides is 1. The molecule has 0 spiro atoms. The van der Waals surface area contributed by atoms with Crippen LogP contribution in [-0.2, 0) is 34.2 Å². The van der Waals surface area contributed by atoms with Gasteiger partial charge < -0.3 is 4.74 Å². The van der Waals surface area contributed by atoms with Gasteiger partial charge in [0.05, 0.1) is 6.61 Å². The van der Waals surface area contributed by atoms with Gasteiger partial charge in [-0.2, -0.15) is 0 Å². The number of sulfone groups is 3. The predicted molar refractivity (Wildman–Crippen MR) is 63.9 cm³/mol. The Morgan fingerprint density at radius 3 is 1.35 bits per heavy atom. The molecule has 0 aliphatic carbocycles. The van der Waals surface area contributed by atoms with Crippen LogP contribution in [0.2, 0.25) is 0 Å². The van der Waals surface area contributed by atoms with E-state index < -0.39 is 45.6 Å². The lowest BCUT2D eigenvalue weighted by molar-refractivity contribution is 0.183. The average Bonchev–Trinajstić information content (AvgIpc) is 1.96. The second-order valence-corrected chi connectivity index (χ2v) is 11.2. The molecule has 0 rings (SSSR count). The van der Waals surface area contributed by atoms with Gasteiger partial charge in [0.15, 0.2) is 29.5 Å². The number of halogens is 1. The van der Waals surface area contributed by atoms with Crippen molar-refractivity contribution >= 4 is 41.1 Å². The van der Waals surface area contributed by atoms with Gasteiger partial charge in [0.2, 0.25) is 0 Å². The van der Waals surface area contributed by atoms with Gasteiger partial charge in [-0.25, -0.2) is 25.3 Å². The SMILES string of the molecule is CS(=O)(=O)C(COCCl)(S(C)(=O)=O)S(C)(=O)=O. The zero-order chi connectivity index (χ0) is 14.1. The summed E-state index contributed by atoms with van der Waals surface area (Å²) in [5.41, 5.74) is 0. The summed E-state index contributed by atoms with van der Waals surface area (Å²) in [5.74, 6) is 0. The van der Waals surface area contributed by atoms with Crippen LogP contribution in [0, 0.1) is 0 Å². The highest BCUT2D eigenvalue weighted by molar-refractivity contribution is 8.25. The van der Waals surface area contributed by atoms with Crippen molar-refractivity contribution in [2.45, 2.75) is 3.41 Å². The van der Waals surface area contributed by atoms with Gasteiger partial charge in [0, 0.05) is 18.8 Å². The maximum Gasteiger partial charge on any atom is 0.294 e. The lowest BCUT2D eigenvalue weighted by atomic mass is 10.8. The summed E-state index contributed by atoms with van der Waals surface area (Å²) in [4.78, 5) is 0. The van der Waals surface area contributed by atoms with Gasteiger partial charge in [-0.3, -0.25) is 0 Å². The summed E-state index contributed by atoms with van der Waals surface area (Å²) >= 11 is 5.15. The number of hydrogen-bond donors (Lipinski definition) is 0. The minimum atomic E-state index is -4.47. The minimum absolute atomic E-state index is 0.521. The molecule has 0 N–H and O–H groups in total. The van der Waals surface area contributed by atoms with Crippen molar-refractivity contribution < 1.29 is 30.0 Å². The quantitative estimate of drug-likeness (QED) is 0.574. The van der Waals surface area contributed by atoms with Crippen LogP contribution in [0.25, 0.3) is 0 Å². The highest BCUT2D eigenvalue weighted by Crippen LogP contribution is 2.30. The van der Waals surface area contributed by atoms with Crippen LogP contribution < -0.4 is 0 Å². The molecule has 11 heteroatoms. The third-order valence-electron chi connectivity index (χ3n) is 2.05.